The number of carbonyl (C=O) groups is 1. The summed E-state index contributed by atoms with van der Waals surface area (Å²) in [4.78, 5) is 22.4. The molecule has 0 aliphatic carbocycles. The van der Waals surface area contributed by atoms with Crippen LogP contribution >= 0.6 is 15.9 Å². The van der Waals surface area contributed by atoms with E-state index in [2.05, 4.69) is 36.8 Å². The summed E-state index contributed by atoms with van der Waals surface area (Å²) in [6.07, 6.45) is -0.242. The van der Waals surface area contributed by atoms with Gasteiger partial charge >= 0.3 is 0 Å². The Morgan fingerprint density at radius 3 is 2.48 bits per heavy atom. The van der Waals surface area contributed by atoms with Crippen LogP contribution in [0.25, 0.3) is 10.4 Å². The number of hydrazine groups is 1. The summed E-state index contributed by atoms with van der Waals surface area (Å²) in [5.74, 6) is 0.0746. The van der Waals surface area contributed by atoms with Crippen LogP contribution in [0.15, 0.2) is 112 Å². The van der Waals surface area contributed by atoms with Crippen LogP contribution in [0.2, 0.25) is 0 Å². The van der Waals surface area contributed by atoms with Crippen molar-refractivity contribution < 1.29 is 23.8 Å². The standard InChI is InChI=1S/C34H32BrFN6O4/c35-30-9-4-2-6-25(30)20-34(33(44)41-38-21-23-10-14-27(36)15-11-23)31(29-8-3-1-7-26(29)22-39-42-37)46-32(40-34)24-12-16-28(17-13-24)45-19-5-18-43/h1-4,6-17,31,38,43H,5,18-22H2,(H,41,44)/t31-,34-/m0/s1. The lowest BCUT2D eigenvalue weighted by molar-refractivity contribution is -0.130. The van der Waals surface area contributed by atoms with Gasteiger partial charge in [0, 0.05) is 40.9 Å². The maximum atomic E-state index is 14.5. The van der Waals surface area contributed by atoms with Crippen molar-refractivity contribution in [1.29, 1.82) is 0 Å². The second kappa shape index (κ2) is 15.5. The highest BCUT2D eigenvalue weighted by molar-refractivity contribution is 9.10. The van der Waals surface area contributed by atoms with Gasteiger partial charge in [-0.3, -0.25) is 10.2 Å². The van der Waals surface area contributed by atoms with Crippen molar-refractivity contribution in [3.63, 3.8) is 0 Å². The van der Waals surface area contributed by atoms with Gasteiger partial charge in [0.1, 0.15) is 11.6 Å². The summed E-state index contributed by atoms with van der Waals surface area (Å²) in [5.41, 5.74) is 16.9. The minimum absolute atomic E-state index is 0.0334. The van der Waals surface area contributed by atoms with Gasteiger partial charge in [0.05, 0.1) is 13.2 Å². The number of benzene rings is 4. The first-order chi connectivity index (χ1) is 22.4. The first-order valence-electron chi connectivity index (χ1n) is 14.6. The second-order valence-corrected chi connectivity index (χ2v) is 11.4. The third kappa shape index (κ3) is 7.72. The fourth-order valence-corrected chi connectivity index (χ4v) is 5.60. The maximum absolute atomic E-state index is 14.5. The van der Waals surface area contributed by atoms with Gasteiger partial charge in [-0.1, -0.05) is 75.6 Å². The number of nitrogens with one attached hydrogen (secondary N) is 2. The van der Waals surface area contributed by atoms with E-state index in [9.17, 15) is 9.18 Å². The topological polar surface area (TPSA) is 141 Å². The van der Waals surface area contributed by atoms with Crippen molar-refractivity contribution in [2.24, 2.45) is 10.1 Å². The Morgan fingerprint density at radius 2 is 1.76 bits per heavy atom. The molecule has 0 saturated carbocycles. The molecule has 0 bridgehead atoms. The highest BCUT2D eigenvalue weighted by Crippen LogP contribution is 2.44. The molecule has 3 N–H and O–H groups in total. The van der Waals surface area contributed by atoms with E-state index in [-0.39, 0.29) is 37.8 Å². The molecule has 1 aliphatic heterocycles. The van der Waals surface area contributed by atoms with Crippen molar-refractivity contribution >= 4 is 27.7 Å². The van der Waals surface area contributed by atoms with Crippen LogP contribution in [-0.4, -0.2) is 35.7 Å². The van der Waals surface area contributed by atoms with E-state index in [0.717, 1.165) is 15.6 Å². The van der Waals surface area contributed by atoms with E-state index in [1.165, 1.54) is 12.1 Å². The van der Waals surface area contributed by atoms with E-state index < -0.39 is 17.6 Å². The average Bonchev–Trinajstić information content (AvgIpc) is 3.46. The molecule has 0 spiro atoms. The molecule has 1 heterocycles. The van der Waals surface area contributed by atoms with Crippen LogP contribution in [0.1, 0.15) is 40.3 Å². The molecule has 1 amide bonds. The Hall–Kier alpha value is -4.74. The molecule has 236 valence electrons. The molecule has 4 aromatic rings. The molecule has 10 nitrogen and oxygen atoms in total. The van der Waals surface area contributed by atoms with Gasteiger partial charge in [0.2, 0.25) is 5.90 Å². The number of hydrogen-bond acceptors (Lipinski definition) is 7. The predicted molar refractivity (Wildman–Crippen MR) is 175 cm³/mol. The van der Waals surface area contributed by atoms with Gasteiger partial charge in [-0.25, -0.2) is 14.8 Å². The van der Waals surface area contributed by atoms with Crippen molar-refractivity contribution in [3.8, 4) is 5.75 Å². The van der Waals surface area contributed by atoms with Crippen molar-refractivity contribution in [2.75, 3.05) is 13.2 Å². The van der Waals surface area contributed by atoms with Gasteiger partial charge in [0.25, 0.3) is 5.91 Å². The molecule has 2 atom stereocenters. The van der Waals surface area contributed by atoms with E-state index in [0.29, 0.717) is 35.5 Å². The molecule has 0 unspecified atom stereocenters. The second-order valence-electron chi connectivity index (χ2n) is 10.6. The lowest BCUT2D eigenvalue weighted by Crippen LogP contribution is -2.53. The third-order valence-electron chi connectivity index (χ3n) is 7.50. The third-order valence-corrected chi connectivity index (χ3v) is 8.27. The quantitative estimate of drug-likeness (QED) is 0.0458. The highest BCUT2D eigenvalue weighted by Gasteiger charge is 2.54. The normalized spacial score (nSPS) is 17.0. The number of rotatable bonds is 14. The Kier molecular flexibility index (Phi) is 11.0. The molecule has 0 fully saturated rings. The van der Waals surface area contributed by atoms with Crippen molar-refractivity contribution in [1.82, 2.24) is 10.9 Å². The Labute approximate surface area is 274 Å². The van der Waals surface area contributed by atoms with Crippen molar-refractivity contribution in [2.45, 2.75) is 37.6 Å². The largest absolute Gasteiger partial charge is 0.494 e. The van der Waals surface area contributed by atoms with Crippen LogP contribution in [0.3, 0.4) is 0 Å². The summed E-state index contributed by atoms with van der Waals surface area (Å²) in [6.45, 7) is 0.699. The number of aliphatic imine (C=N–C) groups is 1. The van der Waals surface area contributed by atoms with Gasteiger partial charge < -0.3 is 14.6 Å². The molecule has 5 rings (SSSR count). The zero-order valence-electron chi connectivity index (χ0n) is 24.8. The number of halogens is 2. The molecule has 1 aliphatic rings. The lowest BCUT2D eigenvalue weighted by atomic mass is 9.80. The zero-order valence-corrected chi connectivity index (χ0v) is 26.4. The number of hydrogen-bond donors (Lipinski definition) is 3. The number of nitrogens with zero attached hydrogens (tertiary/aromatic N) is 4. The summed E-state index contributed by atoms with van der Waals surface area (Å²) in [7, 11) is 0. The summed E-state index contributed by atoms with van der Waals surface area (Å²) in [6, 6.07) is 28.1. The maximum Gasteiger partial charge on any atom is 0.266 e. The Bertz CT molecular complexity index is 1730. The van der Waals surface area contributed by atoms with E-state index >= 15 is 0 Å². The molecule has 12 heteroatoms. The fourth-order valence-electron chi connectivity index (χ4n) is 5.17. The smallest absolute Gasteiger partial charge is 0.266 e. The number of azide groups is 1. The predicted octanol–water partition coefficient (Wildman–Crippen LogP) is 6.48. The molecular weight excluding hydrogens is 655 g/mol. The van der Waals surface area contributed by atoms with Gasteiger partial charge in [-0.15, -0.1) is 0 Å². The molecule has 0 radical (unpaired) electrons. The number of aliphatic hydroxyl groups excluding tert-OH is 1. The number of ether oxygens (including phenoxy) is 2. The molecule has 0 aromatic heterocycles. The SMILES string of the molecule is [N-]=[N+]=NCc1ccccc1[C@@H]1OC(c2ccc(OCCCO)cc2)=N[C@]1(Cc1ccccc1Br)C(=O)NNCc1ccc(F)cc1. The number of carbonyl (C=O) groups excluding carboxylic acids is 1. The van der Waals surface area contributed by atoms with Crippen LogP contribution < -0.4 is 15.6 Å². The summed E-state index contributed by atoms with van der Waals surface area (Å²) < 4.78 is 26.6. The number of amides is 1. The first-order valence-corrected chi connectivity index (χ1v) is 15.4. The molecular formula is C34H32BrFN6O4. The van der Waals surface area contributed by atoms with E-state index in [1.807, 2.05) is 48.5 Å². The van der Waals surface area contributed by atoms with E-state index in [4.69, 9.17) is 25.1 Å². The zero-order chi connectivity index (χ0) is 32.4. The van der Waals surface area contributed by atoms with Crippen molar-refractivity contribution in [3.05, 3.63) is 146 Å². The minimum Gasteiger partial charge on any atom is -0.494 e. The minimum atomic E-state index is -1.52. The average molecular weight is 688 g/mol. The van der Waals surface area contributed by atoms with Crippen LogP contribution in [0.5, 0.6) is 5.75 Å². The van der Waals surface area contributed by atoms with Crippen LogP contribution in [0, 0.1) is 5.82 Å². The van der Waals surface area contributed by atoms with Gasteiger partial charge in [-0.05, 0) is 70.2 Å². The summed E-state index contributed by atoms with van der Waals surface area (Å²) in [5, 5.41) is 12.8. The summed E-state index contributed by atoms with van der Waals surface area (Å²) >= 11 is 3.63. The van der Waals surface area contributed by atoms with Crippen LogP contribution in [0.4, 0.5) is 4.39 Å². The van der Waals surface area contributed by atoms with E-state index in [1.54, 1.807) is 36.4 Å². The fraction of sp³-hybridized carbons (Fsp3) is 0.235. The first kappa shape index (κ1) is 32.6. The highest BCUT2D eigenvalue weighted by atomic mass is 79.9. The molecule has 4 aromatic carbocycles. The van der Waals surface area contributed by atoms with Gasteiger partial charge in [0.15, 0.2) is 11.6 Å². The van der Waals surface area contributed by atoms with Crippen LogP contribution in [-0.2, 0) is 29.0 Å². The Morgan fingerprint density at radius 1 is 1.04 bits per heavy atom. The number of aliphatic hydroxyl groups is 1. The molecule has 0 saturated heterocycles. The Balaban J connectivity index is 1.57. The monoisotopic (exact) mass is 686 g/mol. The lowest BCUT2D eigenvalue weighted by Gasteiger charge is -2.32. The molecule has 46 heavy (non-hydrogen) atoms. The van der Waals surface area contributed by atoms with Gasteiger partial charge in [-0.2, -0.15) is 0 Å².